The third kappa shape index (κ3) is 3.59. The van der Waals surface area contributed by atoms with Crippen molar-refractivity contribution in [2.45, 2.75) is 38.5 Å². The number of nitrogens with one attached hydrogen (secondary N) is 1. The van der Waals surface area contributed by atoms with Crippen molar-refractivity contribution in [2.75, 3.05) is 27.0 Å². The van der Waals surface area contributed by atoms with E-state index in [0.29, 0.717) is 18.2 Å². The van der Waals surface area contributed by atoms with Gasteiger partial charge in [-0.3, -0.25) is 9.69 Å². The summed E-state index contributed by atoms with van der Waals surface area (Å²) in [5.74, 6) is 1.44. The smallest absolute Gasteiger partial charge is 0.231 e. The van der Waals surface area contributed by atoms with Crippen molar-refractivity contribution in [3.05, 3.63) is 23.8 Å². The maximum absolute atomic E-state index is 12.3. The van der Waals surface area contributed by atoms with Crippen molar-refractivity contribution >= 4 is 5.91 Å². The van der Waals surface area contributed by atoms with E-state index in [9.17, 15) is 4.79 Å². The molecule has 1 aromatic rings. The average Bonchev–Trinajstić information content (AvgIpc) is 3.12. The van der Waals surface area contributed by atoms with Crippen LogP contribution in [-0.4, -0.2) is 56.0 Å². The molecule has 0 radical (unpaired) electrons. The lowest BCUT2D eigenvalue weighted by molar-refractivity contribution is -0.121. The molecule has 1 N–H and O–H groups in total. The first kappa shape index (κ1) is 16.1. The molecule has 2 aliphatic heterocycles. The van der Waals surface area contributed by atoms with Crippen molar-refractivity contribution in [2.24, 2.45) is 0 Å². The molecule has 126 valence electrons. The molecule has 0 spiro atoms. The van der Waals surface area contributed by atoms with E-state index in [0.717, 1.165) is 24.4 Å². The van der Waals surface area contributed by atoms with Gasteiger partial charge in [0.15, 0.2) is 11.5 Å². The van der Waals surface area contributed by atoms with Crippen LogP contribution >= 0.6 is 0 Å². The van der Waals surface area contributed by atoms with Gasteiger partial charge in [-0.05, 0) is 31.5 Å². The van der Waals surface area contributed by atoms with Gasteiger partial charge < -0.3 is 19.5 Å². The van der Waals surface area contributed by atoms with E-state index in [1.54, 1.807) is 7.11 Å². The molecule has 1 aromatic carbocycles. The molecule has 3 rings (SSSR count). The van der Waals surface area contributed by atoms with Gasteiger partial charge in [0.2, 0.25) is 12.7 Å². The Morgan fingerprint density at radius 2 is 2.13 bits per heavy atom. The molecule has 2 atom stereocenters. The van der Waals surface area contributed by atoms with E-state index in [2.05, 4.69) is 24.1 Å². The lowest BCUT2D eigenvalue weighted by atomic mass is 10.1. The van der Waals surface area contributed by atoms with E-state index in [-0.39, 0.29) is 24.8 Å². The van der Waals surface area contributed by atoms with Crippen LogP contribution in [0, 0.1) is 0 Å². The summed E-state index contributed by atoms with van der Waals surface area (Å²) in [7, 11) is 1.70. The normalized spacial score (nSPS) is 23.5. The number of amides is 1. The van der Waals surface area contributed by atoms with E-state index in [4.69, 9.17) is 14.2 Å². The molecular formula is C17H24N2O4. The summed E-state index contributed by atoms with van der Waals surface area (Å²) in [6.07, 6.45) is 0.365. The van der Waals surface area contributed by atoms with Crippen LogP contribution in [0.3, 0.4) is 0 Å². The summed E-state index contributed by atoms with van der Waals surface area (Å²) in [5, 5.41) is 3.10. The number of rotatable bonds is 5. The zero-order valence-corrected chi connectivity index (χ0v) is 13.9. The summed E-state index contributed by atoms with van der Waals surface area (Å²) in [5.41, 5.74) is 0.916. The monoisotopic (exact) mass is 320 g/mol. The molecule has 23 heavy (non-hydrogen) atoms. The van der Waals surface area contributed by atoms with Crippen molar-refractivity contribution in [3.8, 4) is 11.5 Å². The van der Waals surface area contributed by atoms with E-state index in [1.807, 2.05) is 18.2 Å². The molecule has 0 aromatic heterocycles. The summed E-state index contributed by atoms with van der Waals surface area (Å²) >= 11 is 0. The Labute approximate surface area is 136 Å². The van der Waals surface area contributed by atoms with E-state index < -0.39 is 0 Å². The summed E-state index contributed by atoms with van der Waals surface area (Å²) in [6.45, 7) is 6.23. The lowest BCUT2D eigenvalue weighted by Gasteiger charge is -2.20. The topological polar surface area (TPSA) is 60.0 Å². The third-order valence-electron chi connectivity index (χ3n) is 4.48. The quantitative estimate of drug-likeness (QED) is 0.883. The van der Waals surface area contributed by atoms with Gasteiger partial charge in [-0.2, -0.15) is 0 Å². The fourth-order valence-electron chi connectivity index (χ4n) is 3.10. The van der Waals surface area contributed by atoms with Crippen molar-refractivity contribution in [1.82, 2.24) is 10.2 Å². The number of nitrogens with zero attached hydrogens (tertiary/aromatic N) is 1. The van der Waals surface area contributed by atoms with Gasteiger partial charge in [-0.1, -0.05) is 6.07 Å². The maximum Gasteiger partial charge on any atom is 0.231 e. The molecule has 0 unspecified atom stereocenters. The molecule has 0 saturated carbocycles. The van der Waals surface area contributed by atoms with Crippen LogP contribution in [0.5, 0.6) is 11.5 Å². The standard InChI is InChI=1S/C17H24N2O4/c1-11(2)19-8-13(16(9-19)21-3)18-17(20)7-12-4-5-14-15(6-12)23-10-22-14/h4-6,11,13,16H,7-10H2,1-3H3,(H,18,20)/t13-,16-/m1/s1. The molecule has 2 aliphatic rings. The first-order chi connectivity index (χ1) is 11.1. The van der Waals surface area contributed by atoms with Crippen LogP contribution in [0.1, 0.15) is 19.4 Å². The number of hydrogen-bond donors (Lipinski definition) is 1. The molecule has 1 amide bonds. The first-order valence-corrected chi connectivity index (χ1v) is 8.01. The third-order valence-corrected chi connectivity index (χ3v) is 4.48. The van der Waals surface area contributed by atoms with Gasteiger partial charge in [-0.25, -0.2) is 0 Å². The van der Waals surface area contributed by atoms with Crippen LogP contribution < -0.4 is 14.8 Å². The number of carbonyl (C=O) groups excluding carboxylic acids is 1. The van der Waals surface area contributed by atoms with Gasteiger partial charge >= 0.3 is 0 Å². The Morgan fingerprint density at radius 1 is 1.35 bits per heavy atom. The molecule has 0 aliphatic carbocycles. The molecule has 1 saturated heterocycles. The van der Waals surface area contributed by atoms with Crippen LogP contribution in [0.15, 0.2) is 18.2 Å². The van der Waals surface area contributed by atoms with Crippen molar-refractivity contribution < 1.29 is 19.0 Å². The Hall–Kier alpha value is -1.79. The highest BCUT2D eigenvalue weighted by atomic mass is 16.7. The van der Waals surface area contributed by atoms with Crippen molar-refractivity contribution in [1.29, 1.82) is 0 Å². The first-order valence-electron chi connectivity index (χ1n) is 8.01. The highest BCUT2D eigenvalue weighted by Crippen LogP contribution is 2.32. The molecule has 6 nitrogen and oxygen atoms in total. The predicted octanol–water partition coefficient (Wildman–Crippen LogP) is 1.18. The zero-order chi connectivity index (χ0) is 16.4. The van der Waals surface area contributed by atoms with Gasteiger partial charge in [-0.15, -0.1) is 0 Å². The Bertz CT molecular complexity index is 576. The lowest BCUT2D eigenvalue weighted by Crippen LogP contribution is -2.44. The fraction of sp³-hybridized carbons (Fsp3) is 0.588. The van der Waals surface area contributed by atoms with Crippen LogP contribution in [0.2, 0.25) is 0 Å². The maximum atomic E-state index is 12.3. The number of methoxy groups -OCH3 is 1. The number of carbonyl (C=O) groups is 1. The van der Waals surface area contributed by atoms with Gasteiger partial charge in [0.1, 0.15) is 0 Å². The van der Waals surface area contributed by atoms with Gasteiger partial charge in [0.25, 0.3) is 0 Å². The van der Waals surface area contributed by atoms with Crippen LogP contribution in [0.4, 0.5) is 0 Å². The number of likely N-dealkylation sites (tertiary alicyclic amines) is 1. The highest BCUT2D eigenvalue weighted by Gasteiger charge is 2.34. The minimum atomic E-state index is 0.00141. The zero-order valence-electron chi connectivity index (χ0n) is 13.9. The molecule has 0 bridgehead atoms. The number of benzene rings is 1. The van der Waals surface area contributed by atoms with Gasteiger partial charge in [0.05, 0.1) is 18.6 Å². The Kier molecular flexibility index (Phi) is 4.73. The predicted molar refractivity (Wildman–Crippen MR) is 85.7 cm³/mol. The fourth-order valence-corrected chi connectivity index (χ4v) is 3.10. The second-order valence-corrected chi connectivity index (χ2v) is 6.36. The largest absolute Gasteiger partial charge is 0.454 e. The average molecular weight is 320 g/mol. The molecule has 1 fully saturated rings. The SMILES string of the molecule is CO[C@@H]1CN(C(C)C)C[C@H]1NC(=O)Cc1ccc2c(c1)OCO2. The number of fused-ring (bicyclic) bond motifs is 1. The number of ether oxygens (including phenoxy) is 3. The summed E-state index contributed by atoms with van der Waals surface area (Å²) in [4.78, 5) is 14.7. The minimum absolute atomic E-state index is 0.00141. The minimum Gasteiger partial charge on any atom is -0.454 e. The Morgan fingerprint density at radius 3 is 2.87 bits per heavy atom. The second-order valence-electron chi connectivity index (χ2n) is 6.36. The number of hydrogen-bond acceptors (Lipinski definition) is 5. The van der Waals surface area contributed by atoms with Crippen LogP contribution in [0.25, 0.3) is 0 Å². The second kappa shape index (κ2) is 6.76. The summed E-state index contributed by atoms with van der Waals surface area (Å²) in [6, 6.07) is 6.09. The van der Waals surface area contributed by atoms with E-state index >= 15 is 0 Å². The Balaban J connectivity index is 1.58. The van der Waals surface area contributed by atoms with E-state index in [1.165, 1.54) is 0 Å². The van der Waals surface area contributed by atoms with Gasteiger partial charge in [0, 0.05) is 26.2 Å². The highest BCUT2D eigenvalue weighted by molar-refractivity contribution is 5.79. The summed E-state index contributed by atoms with van der Waals surface area (Å²) < 4.78 is 16.2. The van der Waals surface area contributed by atoms with Crippen LogP contribution in [-0.2, 0) is 16.0 Å². The molecule has 6 heteroatoms. The van der Waals surface area contributed by atoms with Crippen molar-refractivity contribution in [3.63, 3.8) is 0 Å². The molecular weight excluding hydrogens is 296 g/mol. The molecule has 2 heterocycles.